The van der Waals surface area contributed by atoms with Crippen LogP contribution in [0.3, 0.4) is 0 Å². The van der Waals surface area contributed by atoms with Crippen molar-refractivity contribution < 1.29 is 42.6 Å². The topological polar surface area (TPSA) is 111 Å². The molecule has 3 aromatic carbocycles. The van der Waals surface area contributed by atoms with Crippen LogP contribution in [0, 0.1) is 13.8 Å². The van der Waals surface area contributed by atoms with Crippen LogP contribution in [0.15, 0.2) is 72.8 Å². The Labute approximate surface area is 241 Å². The van der Waals surface area contributed by atoms with E-state index < -0.39 is 0 Å². The van der Waals surface area contributed by atoms with Crippen molar-refractivity contribution in [3.8, 4) is 0 Å². The maximum absolute atomic E-state index is 10.4. The van der Waals surface area contributed by atoms with Crippen LogP contribution in [0.5, 0.6) is 0 Å². The van der Waals surface area contributed by atoms with Gasteiger partial charge in [0.2, 0.25) is 0 Å². The van der Waals surface area contributed by atoms with Crippen LogP contribution in [-0.4, -0.2) is 28.4 Å². The van der Waals surface area contributed by atoms with Crippen molar-refractivity contribution in [1.82, 2.24) is 9.97 Å². The van der Waals surface area contributed by atoms with Crippen LogP contribution < -0.4 is 10.6 Å². The van der Waals surface area contributed by atoms with E-state index in [1.54, 1.807) is 32.2 Å². The average molecular weight is 566 g/mol. The molecule has 1 radical (unpaired) electrons. The molecular formula is C29H27N5O2Y-2. The van der Waals surface area contributed by atoms with E-state index in [0.29, 0.717) is 16.8 Å². The quantitative estimate of drug-likeness (QED) is 0.165. The number of aromatic nitrogens is 2. The average Bonchev–Trinajstić information content (AvgIpc) is 2.88. The summed E-state index contributed by atoms with van der Waals surface area (Å²) in [6.45, 7) is 3.61. The predicted octanol–water partition coefficient (Wildman–Crippen LogP) is 6.50. The molecule has 7 nitrogen and oxygen atoms in total. The molecule has 5 rings (SSSR count). The third-order valence-corrected chi connectivity index (χ3v) is 5.82. The van der Waals surface area contributed by atoms with Crippen LogP contribution in [0.25, 0.3) is 27.5 Å². The zero-order chi connectivity index (χ0) is 25.7. The number of hydrogen-bond donors (Lipinski definition) is 3. The van der Waals surface area contributed by atoms with E-state index in [0.717, 1.165) is 50.3 Å². The first-order valence-electron chi connectivity index (χ1n) is 11.5. The molecule has 0 unspecified atom stereocenters. The number of rotatable bonds is 5. The number of para-hydroxylation sites is 2. The van der Waals surface area contributed by atoms with Crippen molar-refractivity contribution >= 4 is 50.8 Å². The zero-order valence-corrected chi connectivity index (χ0v) is 23.8. The second-order valence-electron chi connectivity index (χ2n) is 8.33. The van der Waals surface area contributed by atoms with Gasteiger partial charge >= 0.3 is 0 Å². The molecule has 0 saturated carbocycles. The van der Waals surface area contributed by atoms with E-state index in [9.17, 15) is 9.90 Å². The van der Waals surface area contributed by atoms with Gasteiger partial charge in [0.05, 0.1) is 29.6 Å². The minimum Gasteiger partial charge on any atom is -0.699 e. The number of aliphatic hydroxyl groups is 1. The Morgan fingerprint density at radius 2 is 1.51 bits per heavy atom. The maximum atomic E-state index is 10.4. The number of aryl methyl sites for hydroxylation is 2. The normalized spacial score (nSPS) is 10.3. The molecule has 0 aliphatic rings. The van der Waals surface area contributed by atoms with Crippen molar-refractivity contribution in [2.24, 2.45) is 0 Å². The molecule has 185 valence electrons. The summed E-state index contributed by atoms with van der Waals surface area (Å²) in [4.78, 5) is 19.3. The number of nitrogens with one attached hydrogen (secondary N) is 3. The number of carbonyl (C=O) groups excluding carboxylic acids is 1. The van der Waals surface area contributed by atoms with Crippen LogP contribution >= 0.6 is 0 Å². The summed E-state index contributed by atoms with van der Waals surface area (Å²) in [5.41, 5.74) is 15.6. The van der Waals surface area contributed by atoms with Crippen LogP contribution in [0.2, 0.25) is 0 Å². The van der Waals surface area contributed by atoms with Gasteiger partial charge in [-0.15, -0.1) is 17.3 Å². The monoisotopic (exact) mass is 566 g/mol. The molecule has 37 heavy (non-hydrogen) atoms. The summed E-state index contributed by atoms with van der Waals surface area (Å²) in [6.07, 6.45) is 1.84. The minimum atomic E-state index is -0.0841. The van der Waals surface area contributed by atoms with E-state index in [1.807, 2.05) is 67.8 Å². The fourth-order valence-corrected chi connectivity index (χ4v) is 4.06. The van der Waals surface area contributed by atoms with Gasteiger partial charge in [-0.1, -0.05) is 61.1 Å². The van der Waals surface area contributed by atoms with E-state index in [1.165, 1.54) is 0 Å². The van der Waals surface area contributed by atoms with E-state index in [4.69, 9.17) is 10.7 Å². The van der Waals surface area contributed by atoms with Gasteiger partial charge in [-0.05, 0) is 36.4 Å². The van der Waals surface area contributed by atoms with Gasteiger partial charge in [0, 0.05) is 61.9 Å². The molecule has 2 aromatic heterocycles. The van der Waals surface area contributed by atoms with Crippen molar-refractivity contribution in [2.45, 2.75) is 20.5 Å². The number of fused-ring (bicyclic) bond motifs is 2. The molecule has 0 spiro atoms. The summed E-state index contributed by atoms with van der Waals surface area (Å²) in [7, 11) is 1.80. The first kappa shape index (κ1) is 28.2. The van der Waals surface area contributed by atoms with Gasteiger partial charge in [0.15, 0.2) is 0 Å². The summed E-state index contributed by atoms with van der Waals surface area (Å²) in [6, 6.07) is 23.0. The number of hydrogen-bond acceptors (Lipinski definition) is 6. The Bertz CT molecular complexity index is 1500. The Kier molecular flexibility index (Phi) is 9.69. The van der Waals surface area contributed by atoms with Gasteiger partial charge in [-0.25, -0.2) is 4.98 Å². The Hall–Kier alpha value is -3.39. The minimum absolute atomic E-state index is 0. The first-order chi connectivity index (χ1) is 17.4. The standard InChI is InChI=1S/C20H16N3O.C9H11N2O.Y/c21-14-9-13(12-24)10-15(11-14)22-20-16-5-1-3-7-18(16)23-19-8-4-2-6-17(19)20;1-6-8(5-12)4-9(10-3)7(2)11-6;/h1-11,21,24H,12H2,(H,22,23);4,10H,1-3H3;/q2*-1;. The van der Waals surface area contributed by atoms with Crippen LogP contribution in [0.1, 0.15) is 22.5 Å². The van der Waals surface area contributed by atoms with Crippen molar-refractivity contribution in [3.63, 3.8) is 0 Å². The number of anilines is 3. The smallest absolute Gasteiger partial charge is 0.0730 e. The molecular weight excluding hydrogens is 539 g/mol. The second kappa shape index (κ2) is 12.7. The van der Waals surface area contributed by atoms with Gasteiger partial charge in [-0.3, -0.25) is 0 Å². The molecule has 0 aliphatic heterocycles. The molecule has 0 amide bonds. The molecule has 0 fully saturated rings. The van der Waals surface area contributed by atoms with Gasteiger partial charge in [0.1, 0.15) is 0 Å². The third-order valence-electron chi connectivity index (χ3n) is 5.82. The van der Waals surface area contributed by atoms with Gasteiger partial charge in [0.25, 0.3) is 0 Å². The Morgan fingerprint density at radius 3 is 2.08 bits per heavy atom. The number of benzene rings is 3. The Morgan fingerprint density at radius 1 is 0.892 bits per heavy atom. The summed E-state index contributed by atoms with van der Waals surface area (Å²) in [5.74, 6) is 0. The summed E-state index contributed by atoms with van der Waals surface area (Å²) >= 11 is 0. The molecule has 5 aromatic rings. The fourth-order valence-electron chi connectivity index (χ4n) is 4.06. The molecule has 4 N–H and O–H groups in total. The van der Waals surface area contributed by atoms with Crippen molar-refractivity contribution in [3.05, 3.63) is 101 Å². The van der Waals surface area contributed by atoms with Crippen molar-refractivity contribution in [1.29, 1.82) is 0 Å². The SMILES string of the molecule is CNc1cc([C-]=O)c(C)nc1C.[NH-]c1cc(CO)cc(Nc2c3ccccc3nc3ccccc23)c1.[Y]. The van der Waals surface area contributed by atoms with Crippen molar-refractivity contribution in [2.75, 3.05) is 17.7 Å². The predicted molar refractivity (Wildman–Crippen MR) is 147 cm³/mol. The van der Waals surface area contributed by atoms with Crippen LogP contribution in [0.4, 0.5) is 22.7 Å². The van der Waals surface area contributed by atoms with Gasteiger partial charge < -0.3 is 31.3 Å². The molecule has 8 heteroatoms. The third kappa shape index (κ3) is 6.49. The molecule has 2 heterocycles. The Balaban J connectivity index is 0.000000249. The van der Waals surface area contributed by atoms with E-state index in [-0.39, 0.29) is 39.3 Å². The summed E-state index contributed by atoms with van der Waals surface area (Å²) in [5, 5.41) is 17.8. The van der Waals surface area contributed by atoms with Gasteiger partial charge in [-0.2, -0.15) is 0 Å². The maximum Gasteiger partial charge on any atom is 0.0730 e. The number of nitrogens with zero attached hydrogens (tertiary/aromatic N) is 2. The number of aliphatic hydroxyl groups excluding tert-OH is 1. The molecule has 0 saturated heterocycles. The fraction of sp³-hybridized carbons (Fsp3) is 0.138. The largest absolute Gasteiger partial charge is 0.699 e. The number of pyridine rings is 2. The summed E-state index contributed by atoms with van der Waals surface area (Å²) < 4.78 is 0. The van der Waals surface area contributed by atoms with E-state index in [2.05, 4.69) is 15.6 Å². The molecule has 0 bridgehead atoms. The zero-order valence-electron chi connectivity index (χ0n) is 21.0. The van der Waals surface area contributed by atoms with E-state index >= 15 is 0 Å². The second-order valence-corrected chi connectivity index (χ2v) is 8.33. The van der Waals surface area contributed by atoms with Crippen LogP contribution in [-0.2, 0) is 44.1 Å². The molecule has 0 atom stereocenters. The first-order valence-corrected chi connectivity index (χ1v) is 11.5. The molecule has 0 aliphatic carbocycles.